The zero-order chi connectivity index (χ0) is 11.8. The van der Waals surface area contributed by atoms with Crippen molar-refractivity contribution in [1.82, 2.24) is 4.98 Å². The molecule has 0 unspecified atom stereocenters. The van der Waals surface area contributed by atoms with Gasteiger partial charge in [0.15, 0.2) is 17.3 Å². The van der Waals surface area contributed by atoms with Crippen LogP contribution in [0.3, 0.4) is 0 Å². The number of benzene rings is 1. The summed E-state index contributed by atoms with van der Waals surface area (Å²) in [7, 11) is 0. The van der Waals surface area contributed by atoms with E-state index >= 15 is 0 Å². The number of oxazole rings is 1. The summed E-state index contributed by atoms with van der Waals surface area (Å²) in [6.45, 7) is 0. The summed E-state index contributed by atoms with van der Waals surface area (Å²) in [6.07, 6.45) is 5.59. The Balaban J connectivity index is 2.03. The van der Waals surface area contributed by atoms with E-state index in [9.17, 15) is 8.78 Å². The summed E-state index contributed by atoms with van der Waals surface area (Å²) in [5.74, 6) is -0.462. The number of fused-ring (bicyclic) bond motifs is 1. The zero-order valence-electron chi connectivity index (χ0n) is 9.38. The van der Waals surface area contributed by atoms with Gasteiger partial charge in [-0.25, -0.2) is 13.8 Å². The van der Waals surface area contributed by atoms with E-state index in [0.717, 1.165) is 31.7 Å². The van der Waals surface area contributed by atoms with Gasteiger partial charge < -0.3 is 4.42 Å². The van der Waals surface area contributed by atoms with E-state index in [4.69, 9.17) is 4.42 Å². The van der Waals surface area contributed by atoms with Gasteiger partial charge in [-0.15, -0.1) is 0 Å². The summed E-state index contributed by atoms with van der Waals surface area (Å²) < 4.78 is 31.9. The molecule has 1 aromatic carbocycles. The van der Waals surface area contributed by atoms with Gasteiger partial charge in [-0.2, -0.15) is 0 Å². The maximum Gasteiger partial charge on any atom is 0.198 e. The number of hydrogen-bond acceptors (Lipinski definition) is 2. The Hall–Kier alpha value is -1.45. The first-order chi connectivity index (χ1) is 8.24. The fourth-order valence-corrected chi connectivity index (χ4v) is 2.50. The molecule has 1 saturated carbocycles. The molecule has 0 bridgehead atoms. The van der Waals surface area contributed by atoms with E-state index in [-0.39, 0.29) is 17.0 Å². The lowest BCUT2D eigenvalue weighted by atomic mass is 9.89. The molecule has 3 rings (SSSR count). The molecule has 1 fully saturated rings. The number of rotatable bonds is 1. The molecule has 0 aliphatic heterocycles. The molecule has 1 aliphatic rings. The lowest BCUT2D eigenvalue weighted by Crippen LogP contribution is -2.04. The smallest absolute Gasteiger partial charge is 0.198 e. The molecule has 90 valence electrons. The number of hydrogen-bond donors (Lipinski definition) is 0. The van der Waals surface area contributed by atoms with Crippen molar-refractivity contribution in [3.63, 3.8) is 0 Å². The zero-order valence-corrected chi connectivity index (χ0v) is 9.38. The lowest BCUT2D eigenvalue weighted by molar-refractivity contribution is 0.370. The molecule has 2 nitrogen and oxygen atoms in total. The highest BCUT2D eigenvalue weighted by atomic mass is 19.1. The molecule has 0 N–H and O–H groups in total. The summed E-state index contributed by atoms with van der Waals surface area (Å²) in [4.78, 5) is 4.21. The van der Waals surface area contributed by atoms with Gasteiger partial charge in [0.05, 0.1) is 0 Å². The molecule has 2 aromatic rings. The van der Waals surface area contributed by atoms with Crippen molar-refractivity contribution < 1.29 is 13.2 Å². The number of halogens is 2. The highest BCUT2D eigenvalue weighted by molar-refractivity contribution is 5.73. The largest absolute Gasteiger partial charge is 0.437 e. The van der Waals surface area contributed by atoms with Crippen LogP contribution in [0.25, 0.3) is 11.1 Å². The minimum atomic E-state index is -0.672. The Morgan fingerprint density at radius 3 is 2.65 bits per heavy atom. The van der Waals surface area contributed by atoms with E-state index in [1.54, 1.807) is 0 Å². The molecule has 17 heavy (non-hydrogen) atoms. The average molecular weight is 237 g/mol. The van der Waals surface area contributed by atoms with Crippen LogP contribution in [0.5, 0.6) is 0 Å². The van der Waals surface area contributed by atoms with Crippen LogP contribution in [0.15, 0.2) is 16.5 Å². The summed E-state index contributed by atoms with van der Waals surface area (Å²) in [5.41, 5.74) is 0.357. The molecule has 0 radical (unpaired) electrons. The number of aromatic nitrogens is 1. The highest BCUT2D eigenvalue weighted by Gasteiger charge is 2.22. The minimum Gasteiger partial charge on any atom is -0.437 e. The van der Waals surface area contributed by atoms with Crippen molar-refractivity contribution in [3.8, 4) is 0 Å². The first-order valence-corrected chi connectivity index (χ1v) is 5.99. The van der Waals surface area contributed by atoms with Crippen LogP contribution in [0.1, 0.15) is 43.9 Å². The molecule has 1 heterocycles. The second-order valence-electron chi connectivity index (χ2n) is 4.62. The molecular weight excluding hydrogens is 224 g/mol. The lowest BCUT2D eigenvalue weighted by Gasteiger charge is -2.17. The third kappa shape index (κ3) is 1.92. The molecule has 0 atom stereocenters. The van der Waals surface area contributed by atoms with Gasteiger partial charge >= 0.3 is 0 Å². The maximum absolute atomic E-state index is 13.5. The fourth-order valence-electron chi connectivity index (χ4n) is 2.50. The van der Waals surface area contributed by atoms with Gasteiger partial charge in [0.1, 0.15) is 11.3 Å². The Morgan fingerprint density at radius 1 is 1.12 bits per heavy atom. The van der Waals surface area contributed by atoms with Gasteiger partial charge in [-0.1, -0.05) is 19.3 Å². The Bertz CT molecular complexity index is 544. The quantitative estimate of drug-likeness (QED) is 0.744. The Morgan fingerprint density at radius 2 is 1.88 bits per heavy atom. The molecule has 0 amide bonds. The normalized spacial score (nSPS) is 17.8. The van der Waals surface area contributed by atoms with Crippen LogP contribution in [0.4, 0.5) is 8.78 Å². The van der Waals surface area contributed by atoms with Crippen molar-refractivity contribution in [3.05, 3.63) is 29.7 Å². The van der Waals surface area contributed by atoms with Crippen LogP contribution in [-0.4, -0.2) is 4.98 Å². The van der Waals surface area contributed by atoms with Crippen LogP contribution < -0.4 is 0 Å². The van der Waals surface area contributed by atoms with Gasteiger partial charge in [0.2, 0.25) is 0 Å². The predicted molar refractivity (Wildman–Crippen MR) is 59.8 cm³/mol. The second-order valence-corrected chi connectivity index (χ2v) is 4.62. The van der Waals surface area contributed by atoms with Crippen molar-refractivity contribution in [2.45, 2.75) is 38.0 Å². The Labute approximate surface area is 97.6 Å². The first-order valence-electron chi connectivity index (χ1n) is 5.99. The third-order valence-corrected chi connectivity index (χ3v) is 3.38. The van der Waals surface area contributed by atoms with Crippen molar-refractivity contribution in [2.24, 2.45) is 0 Å². The van der Waals surface area contributed by atoms with E-state index in [2.05, 4.69) is 4.98 Å². The van der Waals surface area contributed by atoms with Crippen LogP contribution in [0, 0.1) is 11.6 Å². The SMILES string of the molecule is Fc1cc(F)c2oc(C3CCCCC3)nc2c1. The van der Waals surface area contributed by atoms with Gasteiger partial charge in [-0.3, -0.25) is 0 Å². The van der Waals surface area contributed by atoms with Crippen LogP contribution >= 0.6 is 0 Å². The summed E-state index contributed by atoms with van der Waals surface area (Å²) >= 11 is 0. The topological polar surface area (TPSA) is 26.0 Å². The summed E-state index contributed by atoms with van der Waals surface area (Å²) in [5, 5.41) is 0. The standard InChI is InChI=1S/C13H13F2NO/c14-9-6-10(15)12-11(7-9)16-13(17-12)8-4-2-1-3-5-8/h6-8H,1-5H2. The second kappa shape index (κ2) is 4.09. The first kappa shape index (κ1) is 10.7. The van der Waals surface area contributed by atoms with Gasteiger partial charge in [-0.05, 0) is 12.8 Å². The van der Waals surface area contributed by atoms with E-state index in [1.807, 2.05) is 0 Å². The minimum absolute atomic E-state index is 0.0759. The van der Waals surface area contributed by atoms with Crippen molar-refractivity contribution >= 4 is 11.1 Å². The van der Waals surface area contributed by atoms with E-state index in [0.29, 0.717) is 5.89 Å². The van der Waals surface area contributed by atoms with E-state index in [1.165, 1.54) is 12.5 Å². The molecule has 0 saturated heterocycles. The number of nitrogens with zero attached hydrogens (tertiary/aromatic N) is 1. The molecule has 0 spiro atoms. The molecular formula is C13H13F2NO. The maximum atomic E-state index is 13.5. The van der Waals surface area contributed by atoms with Crippen molar-refractivity contribution in [1.29, 1.82) is 0 Å². The van der Waals surface area contributed by atoms with Crippen LogP contribution in [0.2, 0.25) is 0 Å². The van der Waals surface area contributed by atoms with Crippen LogP contribution in [-0.2, 0) is 0 Å². The Kier molecular flexibility index (Phi) is 2.57. The summed E-state index contributed by atoms with van der Waals surface area (Å²) in [6, 6.07) is 2.05. The third-order valence-electron chi connectivity index (χ3n) is 3.38. The molecule has 4 heteroatoms. The highest BCUT2D eigenvalue weighted by Crippen LogP contribution is 2.34. The van der Waals surface area contributed by atoms with E-state index < -0.39 is 11.6 Å². The van der Waals surface area contributed by atoms with Gasteiger partial charge in [0, 0.05) is 18.1 Å². The van der Waals surface area contributed by atoms with Crippen molar-refractivity contribution in [2.75, 3.05) is 0 Å². The molecule has 1 aliphatic carbocycles. The predicted octanol–water partition coefficient (Wildman–Crippen LogP) is 4.15. The average Bonchev–Trinajstić information content (AvgIpc) is 2.74. The monoisotopic (exact) mass is 237 g/mol. The fraction of sp³-hybridized carbons (Fsp3) is 0.462. The molecule has 1 aromatic heterocycles. The van der Waals surface area contributed by atoms with Gasteiger partial charge in [0.25, 0.3) is 0 Å².